The van der Waals surface area contributed by atoms with Crippen LogP contribution in [0.1, 0.15) is 49.0 Å². The standard InChI is InChI=1S/C24H29N3O4S/c1-3-25(4-2)32(30,31)21-12-13-22-19(17-21)14-16-27(22)24(29)18-8-10-20(11-9-18)26-15-6-5-7-23(26)28/h8-13,17H,3-7,14-16H2,1-2H3. The Kier molecular flexibility index (Phi) is 6.35. The Hall–Kier alpha value is -2.71. The maximum absolute atomic E-state index is 13.2. The maximum Gasteiger partial charge on any atom is 0.258 e. The van der Waals surface area contributed by atoms with E-state index in [2.05, 4.69) is 0 Å². The molecule has 0 saturated carbocycles. The van der Waals surface area contributed by atoms with Crippen LogP contribution in [0, 0.1) is 0 Å². The van der Waals surface area contributed by atoms with Gasteiger partial charge in [0, 0.05) is 49.5 Å². The highest BCUT2D eigenvalue weighted by atomic mass is 32.2. The van der Waals surface area contributed by atoms with Gasteiger partial charge in [0.1, 0.15) is 0 Å². The van der Waals surface area contributed by atoms with E-state index in [1.54, 1.807) is 40.1 Å². The third kappa shape index (κ3) is 4.04. The molecule has 32 heavy (non-hydrogen) atoms. The van der Waals surface area contributed by atoms with Gasteiger partial charge in [-0.15, -0.1) is 0 Å². The van der Waals surface area contributed by atoms with Crippen LogP contribution in [0.4, 0.5) is 11.4 Å². The highest BCUT2D eigenvalue weighted by molar-refractivity contribution is 7.89. The average molecular weight is 456 g/mol. The number of hydrogen-bond acceptors (Lipinski definition) is 4. The smallest absolute Gasteiger partial charge is 0.258 e. The number of piperidine rings is 1. The van der Waals surface area contributed by atoms with Gasteiger partial charge in [-0.25, -0.2) is 8.42 Å². The fourth-order valence-electron chi connectivity index (χ4n) is 4.48. The third-order valence-corrected chi connectivity index (χ3v) is 8.33. The predicted molar refractivity (Wildman–Crippen MR) is 125 cm³/mol. The molecular weight excluding hydrogens is 426 g/mol. The minimum Gasteiger partial charge on any atom is -0.312 e. The van der Waals surface area contributed by atoms with Gasteiger partial charge in [-0.3, -0.25) is 9.59 Å². The first kappa shape index (κ1) is 22.5. The summed E-state index contributed by atoms with van der Waals surface area (Å²) in [6.45, 7) is 5.70. The molecule has 2 aromatic rings. The quantitative estimate of drug-likeness (QED) is 0.669. The molecule has 4 rings (SSSR count). The summed E-state index contributed by atoms with van der Waals surface area (Å²) in [5.74, 6) is -0.00103. The van der Waals surface area contributed by atoms with Crippen molar-refractivity contribution in [1.82, 2.24) is 4.31 Å². The Morgan fingerprint density at radius 2 is 1.69 bits per heavy atom. The van der Waals surface area contributed by atoms with Crippen molar-refractivity contribution in [1.29, 1.82) is 0 Å². The molecule has 0 radical (unpaired) electrons. The Morgan fingerprint density at radius 1 is 0.969 bits per heavy atom. The van der Waals surface area contributed by atoms with Gasteiger partial charge in [-0.1, -0.05) is 13.8 Å². The number of anilines is 2. The minimum atomic E-state index is -3.54. The summed E-state index contributed by atoms with van der Waals surface area (Å²) in [7, 11) is -3.54. The van der Waals surface area contributed by atoms with Crippen molar-refractivity contribution in [3.8, 4) is 0 Å². The van der Waals surface area contributed by atoms with Crippen LogP contribution in [-0.4, -0.2) is 50.7 Å². The van der Waals surface area contributed by atoms with Gasteiger partial charge in [0.25, 0.3) is 5.91 Å². The zero-order valence-corrected chi connectivity index (χ0v) is 19.4. The molecule has 2 aliphatic heterocycles. The second-order valence-electron chi connectivity index (χ2n) is 8.14. The summed E-state index contributed by atoms with van der Waals surface area (Å²) >= 11 is 0. The van der Waals surface area contributed by atoms with Crippen LogP contribution in [-0.2, 0) is 21.2 Å². The Morgan fingerprint density at radius 3 is 2.34 bits per heavy atom. The molecule has 0 N–H and O–H groups in total. The van der Waals surface area contributed by atoms with E-state index in [1.807, 2.05) is 26.0 Å². The number of rotatable bonds is 6. The molecule has 2 aromatic carbocycles. The van der Waals surface area contributed by atoms with E-state index in [0.717, 1.165) is 29.8 Å². The van der Waals surface area contributed by atoms with Crippen molar-refractivity contribution in [2.45, 2.75) is 44.4 Å². The molecule has 2 amide bonds. The van der Waals surface area contributed by atoms with E-state index in [-0.39, 0.29) is 16.7 Å². The molecular formula is C24H29N3O4S. The first-order valence-electron chi connectivity index (χ1n) is 11.2. The molecule has 0 atom stereocenters. The van der Waals surface area contributed by atoms with Gasteiger partial charge in [0.15, 0.2) is 0 Å². The number of nitrogens with zero attached hydrogens (tertiary/aromatic N) is 3. The van der Waals surface area contributed by atoms with Gasteiger partial charge >= 0.3 is 0 Å². The summed E-state index contributed by atoms with van der Waals surface area (Å²) in [5.41, 5.74) is 2.98. The van der Waals surface area contributed by atoms with Crippen LogP contribution < -0.4 is 9.80 Å². The summed E-state index contributed by atoms with van der Waals surface area (Å²) in [5, 5.41) is 0. The largest absolute Gasteiger partial charge is 0.312 e. The molecule has 1 fully saturated rings. The SMILES string of the molecule is CCN(CC)S(=O)(=O)c1ccc2c(c1)CCN2C(=O)c1ccc(N2CCCCC2=O)cc1. The van der Waals surface area contributed by atoms with Crippen LogP contribution in [0.2, 0.25) is 0 Å². The topological polar surface area (TPSA) is 78.0 Å². The highest BCUT2D eigenvalue weighted by Gasteiger charge is 2.29. The summed E-state index contributed by atoms with van der Waals surface area (Å²) in [6.07, 6.45) is 3.10. The predicted octanol–water partition coefficient (Wildman–Crippen LogP) is 3.44. The van der Waals surface area contributed by atoms with E-state index in [0.29, 0.717) is 44.6 Å². The van der Waals surface area contributed by atoms with E-state index < -0.39 is 10.0 Å². The number of amides is 2. The molecule has 7 nitrogen and oxygen atoms in total. The molecule has 0 spiro atoms. The van der Waals surface area contributed by atoms with Crippen LogP contribution in [0.3, 0.4) is 0 Å². The van der Waals surface area contributed by atoms with Gasteiger partial charge in [0.2, 0.25) is 15.9 Å². The van der Waals surface area contributed by atoms with Crippen molar-refractivity contribution in [2.75, 3.05) is 36.0 Å². The molecule has 1 saturated heterocycles. The molecule has 0 unspecified atom stereocenters. The first-order chi connectivity index (χ1) is 15.4. The molecule has 0 aromatic heterocycles. The lowest BCUT2D eigenvalue weighted by atomic mass is 10.1. The monoisotopic (exact) mass is 455 g/mol. The van der Waals surface area contributed by atoms with Crippen molar-refractivity contribution in [3.05, 3.63) is 53.6 Å². The Balaban J connectivity index is 1.54. The number of sulfonamides is 1. The highest BCUT2D eigenvalue weighted by Crippen LogP contribution is 2.32. The third-order valence-electron chi connectivity index (χ3n) is 6.28. The van der Waals surface area contributed by atoms with E-state index >= 15 is 0 Å². The molecule has 0 aliphatic carbocycles. The number of hydrogen-bond donors (Lipinski definition) is 0. The zero-order chi connectivity index (χ0) is 22.9. The van der Waals surface area contributed by atoms with E-state index in [9.17, 15) is 18.0 Å². The average Bonchev–Trinajstić information content (AvgIpc) is 3.23. The van der Waals surface area contributed by atoms with Crippen LogP contribution in [0.25, 0.3) is 0 Å². The lowest BCUT2D eigenvalue weighted by molar-refractivity contribution is -0.119. The number of fused-ring (bicyclic) bond motifs is 1. The number of carbonyl (C=O) groups is 2. The maximum atomic E-state index is 13.2. The van der Waals surface area contributed by atoms with Crippen molar-refractivity contribution in [3.63, 3.8) is 0 Å². The second kappa shape index (κ2) is 9.03. The van der Waals surface area contributed by atoms with Crippen LogP contribution in [0.5, 0.6) is 0 Å². The lowest BCUT2D eigenvalue weighted by Crippen LogP contribution is -2.35. The van der Waals surface area contributed by atoms with Crippen LogP contribution in [0.15, 0.2) is 47.4 Å². The Labute approximate surface area is 189 Å². The minimum absolute atomic E-state index is 0.124. The molecule has 170 valence electrons. The summed E-state index contributed by atoms with van der Waals surface area (Å²) < 4.78 is 27.1. The fraction of sp³-hybridized carbons (Fsp3) is 0.417. The number of carbonyl (C=O) groups excluding carboxylic acids is 2. The Bertz CT molecular complexity index is 1120. The molecule has 2 aliphatic rings. The summed E-state index contributed by atoms with van der Waals surface area (Å²) in [4.78, 5) is 29.1. The van der Waals surface area contributed by atoms with Gasteiger partial charge < -0.3 is 9.80 Å². The number of benzene rings is 2. The van der Waals surface area contributed by atoms with Crippen molar-refractivity contribution in [2.24, 2.45) is 0 Å². The second-order valence-corrected chi connectivity index (χ2v) is 10.1. The van der Waals surface area contributed by atoms with E-state index in [4.69, 9.17) is 0 Å². The molecule has 8 heteroatoms. The lowest BCUT2D eigenvalue weighted by Gasteiger charge is -2.27. The van der Waals surface area contributed by atoms with E-state index in [1.165, 1.54) is 4.31 Å². The van der Waals surface area contributed by atoms with Crippen molar-refractivity contribution < 1.29 is 18.0 Å². The van der Waals surface area contributed by atoms with Crippen molar-refractivity contribution >= 4 is 33.2 Å². The van der Waals surface area contributed by atoms with Gasteiger partial charge in [-0.2, -0.15) is 4.31 Å². The van der Waals surface area contributed by atoms with Crippen LogP contribution >= 0.6 is 0 Å². The normalized spacial score (nSPS) is 16.5. The van der Waals surface area contributed by atoms with Gasteiger partial charge in [0.05, 0.1) is 4.90 Å². The molecule has 2 heterocycles. The molecule has 0 bridgehead atoms. The zero-order valence-electron chi connectivity index (χ0n) is 18.6. The van der Waals surface area contributed by atoms with Gasteiger partial charge in [-0.05, 0) is 67.3 Å². The first-order valence-corrected chi connectivity index (χ1v) is 12.7. The summed E-state index contributed by atoms with van der Waals surface area (Å²) in [6, 6.07) is 12.2. The fourth-order valence-corrected chi connectivity index (χ4v) is 5.99.